The molecule has 0 bridgehead atoms. The van der Waals surface area contributed by atoms with E-state index in [0.717, 1.165) is 76.0 Å². The van der Waals surface area contributed by atoms with Crippen molar-refractivity contribution in [3.05, 3.63) is 120 Å². The number of hydrogen-bond acceptors (Lipinski definition) is 6. The van der Waals surface area contributed by atoms with Gasteiger partial charge in [0.15, 0.2) is 0 Å². The van der Waals surface area contributed by atoms with Crippen LogP contribution in [0.1, 0.15) is 184 Å². The predicted octanol–water partition coefficient (Wildman–Crippen LogP) is 14.8. The van der Waals surface area contributed by atoms with Gasteiger partial charge in [-0.15, -0.1) is 0 Å². The molecule has 13 heteroatoms. The van der Waals surface area contributed by atoms with Crippen molar-refractivity contribution in [2.24, 2.45) is 58.2 Å². The van der Waals surface area contributed by atoms with E-state index in [9.17, 15) is 29.8 Å². The summed E-state index contributed by atoms with van der Waals surface area (Å²) >= 11 is 0. The van der Waals surface area contributed by atoms with Crippen LogP contribution in [-0.2, 0) is 206 Å². The molecule has 2 unspecified atom stereocenters. The van der Waals surface area contributed by atoms with Gasteiger partial charge in [-0.05, 0) is 147 Å². The summed E-state index contributed by atoms with van der Waals surface area (Å²) in [4.78, 5) is 12.2. The summed E-state index contributed by atoms with van der Waals surface area (Å²) in [6.45, 7) is 26.8. The molecular weight excluding hydrogens is 1450 g/mol. The number of carbonyl (C=O) groups excluding carboxylic acids is 1. The van der Waals surface area contributed by atoms with Crippen LogP contribution in [0.15, 0.2) is 120 Å². The Kier molecular flexibility index (Phi) is 41.3. The van der Waals surface area contributed by atoms with Gasteiger partial charge in [0, 0.05) is 225 Å². The van der Waals surface area contributed by atoms with Gasteiger partial charge in [0.1, 0.15) is 12.9 Å². The van der Waals surface area contributed by atoms with Crippen molar-refractivity contribution in [2.75, 3.05) is 6.16 Å². The van der Waals surface area contributed by atoms with Crippen LogP contribution in [0.25, 0.3) is 0 Å². The van der Waals surface area contributed by atoms with Gasteiger partial charge in [-0.2, -0.15) is 0 Å². The standard InChI is InChI=1S/C27H44O2.C21H23O3P.C18H32O.6Y/c1-18(2)8-6-9-19(3)23-13-14-24-22(10-7-15-27(23,24)5)12-11-21-16-25(28)20(4)26(29)17-21;1-16-20(22)14-17(15-21(16)23)12-13-25(24,18-8-4-2-5-9-18)19-10-6-3-7-11-19;1-13(2)7-5-8-14(3)15-10-11-16-17(19)9-6-12-18(15,16)4;;;;;;/h11-12,18-19,23-26,28-29H,4,6-10,13-17H2,1-3,5H3;2-12,20-23H,1,13-15H2;13-16H,5-12H2,1-4H3;;;;;;/b22-12+;;;;;;;;/t19-,23?,24-,25+,26+,27+;20-,21-;14-,15?,16-,18+;;;;;;/m010....../s1. The number of Topliss-reactive ketones (excluding diaryl/α,β-unsaturated/α-hetero) is 1. The molecule has 6 aliphatic rings. The number of aliphatic hydroxyl groups excluding tert-OH is 4. The van der Waals surface area contributed by atoms with Crippen LogP contribution in [0, 0.1) is 58.2 Å². The molecule has 6 fully saturated rings. The van der Waals surface area contributed by atoms with Gasteiger partial charge in [-0.3, -0.25) is 4.79 Å². The number of fused-ring (bicyclic) bond motifs is 2. The first-order valence-corrected chi connectivity index (χ1v) is 31.0. The third-order valence-corrected chi connectivity index (χ3v) is 22.2. The van der Waals surface area contributed by atoms with Gasteiger partial charge in [-0.1, -0.05) is 203 Å². The molecule has 2 aromatic rings. The monoisotopic (exact) mass is 1550 g/mol. The van der Waals surface area contributed by atoms with Crippen molar-refractivity contribution in [3.63, 3.8) is 0 Å². The second-order valence-electron chi connectivity index (χ2n) is 25.3. The topological polar surface area (TPSA) is 115 Å². The average molecular weight is 1550 g/mol. The third-order valence-electron chi connectivity index (χ3n) is 19.3. The predicted molar refractivity (Wildman–Crippen MR) is 307 cm³/mol. The molecule has 8 rings (SSSR count). The Hall–Kier alpha value is 3.50. The Labute approximate surface area is 632 Å². The summed E-state index contributed by atoms with van der Waals surface area (Å²) in [6.07, 6.45) is 26.9. The van der Waals surface area contributed by atoms with Crippen molar-refractivity contribution in [1.82, 2.24) is 0 Å². The van der Waals surface area contributed by atoms with Crippen molar-refractivity contribution >= 4 is 23.5 Å². The Balaban J connectivity index is 0.00000113. The molecule has 0 saturated heterocycles. The van der Waals surface area contributed by atoms with Gasteiger partial charge in [0.05, 0.1) is 24.4 Å². The maximum absolute atomic E-state index is 13.9. The van der Waals surface area contributed by atoms with Crippen LogP contribution < -0.4 is 10.6 Å². The minimum absolute atomic E-state index is 0. The number of ketones is 1. The van der Waals surface area contributed by atoms with Gasteiger partial charge in [0.25, 0.3) is 0 Å². The molecule has 6 saturated carbocycles. The number of allylic oxidation sites excluding steroid dienone is 4. The molecule has 0 aliphatic heterocycles. The zero-order chi connectivity index (χ0) is 53.1. The Bertz CT molecular complexity index is 2210. The molecule has 0 spiro atoms. The van der Waals surface area contributed by atoms with Crippen LogP contribution in [0.2, 0.25) is 0 Å². The Morgan fingerprint density at radius 3 is 1.38 bits per heavy atom. The van der Waals surface area contributed by atoms with Crippen LogP contribution in [-0.4, -0.2) is 56.8 Å². The number of hydrogen-bond donors (Lipinski definition) is 4. The van der Waals surface area contributed by atoms with E-state index >= 15 is 0 Å². The summed E-state index contributed by atoms with van der Waals surface area (Å²) in [5, 5.41) is 41.9. The number of carbonyl (C=O) groups is 1. The van der Waals surface area contributed by atoms with E-state index in [1.807, 2.05) is 66.7 Å². The van der Waals surface area contributed by atoms with Crippen LogP contribution in [0.4, 0.5) is 0 Å². The molecule has 6 aliphatic carbocycles. The van der Waals surface area contributed by atoms with E-state index in [4.69, 9.17) is 0 Å². The second-order valence-corrected chi connectivity index (χ2v) is 28.2. The molecule has 0 aromatic heterocycles. The minimum Gasteiger partial charge on any atom is -0.388 e. The fourth-order valence-corrected chi connectivity index (χ4v) is 17.4. The van der Waals surface area contributed by atoms with E-state index in [1.165, 1.54) is 89.9 Å². The molecular formula is C66H99O6PY6. The fourth-order valence-electron chi connectivity index (χ4n) is 14.8. The summed E-state index contributed by atoms with van der Waals surface area (Å²) in [5.74, 6) is 6.64. The molecule has 79 heavy (non-hydrogen) atoms. The second kappa shape index (κ2) is 39.6. The average Bonchev–Trinajstić information content (AvgIpc) is 3.91. The van der Waals surface area contributed by atoms with Gasteiger partial charge < -0.3 is 25.0 Å². The first-order chi connectivity index (χ1) is 34.7. The molecule has 6 radical (unpaired) electrons. The quantitative estimate of drug-likeness (QED) is 0.104. The van der Waals surface area contributed by atoms with E-state index in [2.05, 4.69) is 80.7 Å². The smallest absolute Gasteiger partial charge is 0.146 e. The van der Waals surface area contributed by atoms with Crippen molar-refractivity contribution in [2.45, 2.75) is 208 Å². The summed E-state index contributed by atoms with van der Waals surface area (Å²) < 4.78 is 13.9. The zero-order valence-electron chi connectivity index (χ0n) is 50.2. The van der Waals surface area contributed by atoms with Crippen LogP contribution >= 0.6 is 7.14 Å². The number of aliphatic hydroxyl groups is 4. The van der Waals surface area contributed by atoms with E-state index in [0.29, 0.717) is 65.5 Å². The SMILES string of the molecule is C=C1[C@H](O)CC(=C/C=C2\CCC[C@]3(C)C([C@@H](C)CCCC(C)C)CC[C@@H]23)C[C@H]1O.C=C1[C@H](O)CC(=CCP(=O)(c2ccccc2)c2ccccc2)C[C@H]1O.CC(C)CCC[C@H](C)C1CC[C@H]2C(=O)CCC[C@]12C.[Y].[Y].[Y].[Y].[Y].[Y]. The molecule has 2 aromatic carbocycles. The molecule has 0 heterocycles. The maximum atomic E-state index is 13.9. The largest absolute Gasteiger partial charge is 0.388 e. The van der Waals surface area contributed by atoms with E-state index < -0.39 is 31.6 Å². The molecule has 12 atom stereocenters. The van der Waals surface area contributed by atoms with Gasteiger partial charge in [-0.25, -0.2) is 0 Å². The van der Waals surface area contributed by atoms with Crippen LogP contribution in [0.3, 0.4) is 0 Å². The van der Waals surface area contributed by atoms with E-state index in [1.54, 1.807) is 5.57 Å². The Morgan fingerprint density at radius 1 is 0.557 bits per heavy atom. The van der Waals surface area contributed by atoms with Crippen molar-refractivity contribution in [1.29, 1.82) is 0 Å². The van der Waals surface area contributed by atoms with E-state index in [-0.39, 0.29) is 196 Å². The summed E-state index contributed by atoms with van der Waals surface area (Å²) in [6, 6.07) is 19.0. The number of benzene rings is 2. The van der Waals surface area contributed by atoms with Crippen LogP contribution in [0.5, 0.6) is 0 Å². The first kappa shape index (κ1) is 82.5. The summed E-state index contributed by atoms with van der Waals surface area (Å²) in [5.41, 5.74) is 5.55. The van der Waals surface area contributed by atoms with Gasteiger partial charge >= 0.3 is 0 Å². The van der Waals surface area contributed by atoms with Crippen molar-refractivity contribution in [3.8, 4) is 0 Å². The Morgan fingerprint density at radius 2 is 0.949 bits per heavy atom. The zero-order valence-corrected chi connectivity index (χ0v) is 68.1. The summed E-state index contributed by atoms with van der Waals surface area (Å²) in [7, 11) is -2.81. The van der Waals surface area contributed by atoms with Crippen molar-refractivity contribution < 1.29 is 226 Å². The van der Waals surface area contributed by atoms with Gasteiger partial charge in [0.2, 0.25) is 0 Å². The third kappa shape index (κ3) is 22.7. The molecule has 0 amide bonds. The number of rotatable bonds is 15. The molecule has 6 nitrogen and oxygen atoms in total. The fraction of sp³-hybridized carbons (Fsp3) is 0.652. The molecule has 422 valence electrons. The molecule has 4 N–H and O–H groups in total. The normalized spacial score (nSPS) is 29.4. The first-order valence-electron chi connectivity index (χ1n) is 29.1. The minimum atomic E-state index is -2.81. The maximum Gasteiger partial charge on any atom is 0.146 e.